The summed E-state index contributed by atoms with van der Waals surface area (Å²) in [5.41, 5.74) is 4.04. The molecule has 0 bridgehead atoms. The second-order valence-corrected chi connectivity index (χ2v) is 21.7. The number of amides is 1. The Morgan fingerprint density at radius 1 is 1.10 bits per heavy atom. The van der Waals surface area contributed by atoms with Crippen LogP contribution in [0.25, 0.3) is 33.3 Å². The Bertz CT molecular complexity index is 1960. The number of carbonyl (C=O) groups is 1. The smallest absolute Gasteiger partial charge is 0.420 e. The van der Waals surface area contributed by atoms with Crippen molar-refractivity contribution in [3.63, 3.8) is 0 Å². The Kier molecular flexibility index (Phi) is 10.3. The van der Waals surface area contributed by atoms with Gasteiger partial charge in [0.1, 0.15) is 40.2 Å². The summed E-state index contributed by atoms with van der Waals surface area (Å²) in [6, 6.07) is 10.6. The Balaban J connectivity index is 1.13. The van der Waals surface area contributed by atoms with Gasteiger partial charge in [0, 0.05) is 51.3 Å². The molecule has 1 amide bonds. The average molecular weight is 722 g/mol. The highest BCUT2D eigenvalue weighted by molar-refractivity contribution is 7.97. The highest BCUT2D eigenvalue weighted by atomic mass is 35.5. The van der Waals surface area contributed by atoms with E-state index in [1.807, 2.05) is 68.9 Å². The molecule has 0 saturated carbocycles. The van der Waals surface area contributed by atoms with Crippen molar-refractivity contribution < 1.29 is 19.0 Å². The second-order valence-electron chi connectivity index (χ2n) is 14.7. The Labute approximate surface area is 297 Å². The largest absolute Gasteiger partial charge is 0.456 e. The number of halogens is 1. The van der Waals surface area contributed by atoms with Gasteiger partial charge in [-0.2, -0.15) is 5.10 Å². The van der Waals surface area contributed by atoms with E-state index in [4.69, 9.17) is 35.8 Å². The van der Waals surface area contributed by atoms with Gasteiger partial charge in [-0.1, -0.05) is 31.2 Å². The van der Waals surface area contributed by atoms with Crippen LogP contribution in [0.1, 0.15) is 33.0 Å². The number of fused-ring (bicyclic) bond motifs is 2. The van der Waals surface area contributed by atoms with Gasteiger partial charge in [-0.3, -0.25) is 14.0 Å². The highest BCUT2D eigenvalue weighted by Crippen LogP contribution is 2.36. The standard InChI is InChI=1S/C35H44ClN7O4SSi/c1-23-39-27-9-8-26(16-30(27)42(23)22-45-14-15-49(5,6)7)46-31-11-10-28-33(32(31)36)40-29(18-37-28)25-17-38-41(20-25)19-24-12-13-43(48-21-24)34(44)47-35(2,3)4/h8-11,16-18,20,24H,12-15,19,21-22H2,1-7H3. The summed E-state index contributed by atoms with van der Waals surface area (Å²) in [7, 11) is -1.17. The SMILES string of the molecule is Cc1nc2ccc(Oc3ccc4ncc(-c5cnn(CC6CCN(C(=O)OC(C)(C)C)SC6)c5)nc4c3Cl)cc2n1COCC[Si](C)(C)C. The maximum atomic E-state index is 12.4. The summed E-state index contributed by atoms with van der Waals surface area (Å²) in [6.45, 7) is 17.2. The first-order valence-electron chi connectivity index (χ1n) is 16.6. The number of carbonyl (C=O) groups excluding carboxylic acids is 1. The number of imidazole rings is 1. The fourth-order valence-electron chi connectivity index (χ4n) is 5.46. The summed E-state index contributed by atoms with van der Waals surface area (Å²) in [5.74, 6) is 3.19. The van der Waals surface area contributed by atoms with Crippen LogP contribution in [-0.2, 0) is 22.7 Å². The number of nitrogens with zero attached hydrogens (tertiary/aromatic N) is 7. The molecule has 3 aromatic heterocycles. The molecule has 0 spiro atoms. The molecular formula is C35H44ClN7O4SSi. The molecule has 0 radical (unpaired) electrons. The van der Waals surface area contributed by atoms with Gasteiger partial charge in [0.2, 0.25) is 0 Å². The van der Waals surface area contributed by atoms with E-state index in [1.54, 1.807) is 16.7 Å². The van der Waals surface area contributed by atoms with Gasteiger partial charge in [-0.15, -0.1) is 0 Å². The molecule has 14 heteroatoms. The molecule has 11 nitrogen and oxygen atoms in total. The van der Waals surface area contributed by atoms with Crippen LogP contribution >= 0.6 is 23.5 Å². The molecule has 1 aliphatic rings. The lowest BCUT2D eigenvalue weighted by Crippen LogP contribution is -2.37. The molecule has 1 unspecified atom stereocenters. The lowest BCUT2D eigenvalue weighted by Gasteiger charge is -2.32. The van der Waals surface area contributed by atoms with Crippen LogP contribution in [0.4, 0.5) is 4.79 Å². The molecular weight excluding hydrogens is 678 g/mol. The average Bonchev–Trinajstić information content (AvgIpc) is 3.63. The molecule has 1 saturated heterocycles. The molecule has 0 N–H and O–H groups in total. The number of benzene rings is 2. The maximum Gasteiger partial charge on any atom is 0.420 e. The minimum Gasteiger partial charge on any atom is -0.456 e. The fourth-order valence-corrected chi connectivity index (χ4v) is 7.50. The minimum atomic E-state index is -1.17. The predicted molar refractivity (Wildman–Crippen MR) is 198 cm³/mol. The van der Waals surface area contributed by atoms with Crippen molar-refractivity contribution in [3.05, 3.63) is 59.8 Å². The third-order valence-corrected chi connectivity index (χ3v) is 11.5. The summed E-state index contributed by atoms with van der Waals surface area (Å²) in [5, 5.41) is 4.98. The number of aromatic nitrogens is 6. The van der Waals surface area contributed by atoms with Gasteiger partial charge in [0.15, 0.2) is 0 Å². The van der Waals surface area contributed by atoms with Gasteiger partial charge in [0.25, 0.3) is 0 Å². The van der Waals surface area contributed by atoms with Gasteiger partial charge in [-0.25, -0.2) is 14.8 Å². The first-order chi connectivity index (χ1) is 23.2. The zero-order valence-corrected chi connectivity index (χ0v) is 31.8. The van der Waals surface area contributed by atoms with Crippen molar-refractivity contribution in [1.82, 2.24) is 33.6 Å². The molecule has 2 aromatic carbocycles. The van der Waals surface area contributed by atoms with Crippen LogP contribution in [0.5, 0.6) is 11.5 Å². The zero-order valence-electron chi connectivity index (χ0n) is 29.2. The van der Waals surface area contributed by atoms with Crippen LogP contribution in [0.3, 0.4) is 0 Å². The van der Waals surface area contributed by atoms with Crippen molar-refractivity contribution in [2.45, 2.75) is 78.7 Å². The predicted octanol–water partition coefficient (Wildman–Crippen LogP) is 8.81. The maximum absolute atomic E-state index is 12.4. The van der Waals surface area contributed by atoms with E-state index >= 15 is 0 Å². The van der Waals surface area contributed by atoms with E-state index in [0.29, 0.717) is 52.4 Å². The summed E-state index contributed by atoms with van der Waals surface area (Å²) in [4.78, 5) is 26.6. The number of hydrogen-bond donors (Lipinski definition) is 0. The summed E-state index contributed by atoms with van der Waals surface area (Å²) < 4.78 is 23.6. The fraction of sp³-hybridized carbons (Fsp3) is 0.457. The zero-order chi connectivity index (χ0) is 34.9. The molecule has 5 aromatic rings. The molecule has 0 aliphatic carbocycles. The van der Waals surface area contributed by atoms with Gasteiger partial charge >= 0.3 is 6.09 Å². The van der Waals surface area contributed by atoms with E-state index in [0.717, 1.165) is 53.8 Å². The number of ether oxygens (including phenoxy) is 3. The second kappa shape index (κ2) is 14.3. The molecule has 4 heterocycles. The Hall–Kier alpha value is -3.65. The van der Waals surface area contributed by atoms with E-state index in [-0.39, 0.29) is 6.09 Å². The molecule has 1 aliphatic heterocycles. The first kappa shape index (κ1) is 35.2. The molecule has 1 atom stereocenters. The van der Waals surface area contributed by atoms with Crippen molar-refractivity contribution in [1.29, 1.82) is 0 Å². The molecule has 260 valence electrons. The van der Waals surface area contributed by atoms with Crippen LogP contribution in [0, 0.1) is 12.8 Å². The van der Waals surface area contributed by atoms with E-state index in [9.17, 15) is 4.79 Å². The highest BCUT2D eigenvalue weighted by Gasteiger charge is 2.28. The Morgan fingerprint density at radius 2 is 1.90 bits per heavy atom. The summed E-state index contributed by atoms with van der Waals surface area (Å²) in [6.07, 6.45) is 6.10. The quantitative estimate of drug-likeness (QED) is 0.0794. The van der Waals surface area contributed by atoms with Gasteiger partial charge in [-0.05, 0) is 82.3 Å². The van der Waals surface area contributed by atoms with Crippen LogP contribution in [-0.4, -0.2) is 72.3 Å². The minimum absolute atomic E-state index is 0.281. The van der Waals surface area contributed by atoms with Gasteiger partial charge < -0.3 is 18.8 Å². The van der Waals surface area contributed by atoms with Crippen LogP contribution < -0.4 is 4.74 Å². The van der Waals surface area contributed by atoms with E-state index in [2.05, 4.69) is 34.3 Å². The van der Waals surface area contributed by atoms with E-state index in [1.165, 1.54) is 11.9 Å². The monoisotopic (exact) mass is 721 g/mol. The van der Waals surface area contributed by atoms with Crippen LogP contribution in [0.15, 0.2) is 48.9 Å². The third kappa shape index (κ3) is 8.75. The summed E-state index contributed by atoms with van der Waals surface area (Å²) >= 11 is 8.42. The number of aryl methyl sites for hydroxylation is 1. The topological polar surface area (TPSA) is 109 Å². The van der Waals surface area contributed by atoms with Crippen molar-refractivity contribution in [3.8, 4) is 22.8 Å². The number of hydrogen-bond acceptors (Lipinski definition) is 9. The van der Waals surface area contributed by atoms with Gasteiger partial charge in [0.05, 0.1) is 34.6 Å². The molecule has 1 fully saturated rings. The van der Waals surface area contributed by atoms with Crippen LogP contribution in [0.2, 0.25) is 30.7 Å². The van der Waals surface area contributed by atoms with Crippen molar-refractivity contribution in [2.75, 3.05) is 18.9 Å². The van der Waals surface area contributed by atoms with Crippen molar-refractivity contribution in [2.24, 2.45) is 5.92 Å². The number of rotatable bonds is 10. The lowest BCUT2D eigenvalue weighted by atomic mass is 10.1. The molecule has 6 rings (SSSR count). The van der Waals surface area contributed by atoms with E-state index < -0.39 is 13.7 Å². The third-order valence-electron chi connectivity index (χ3n) is 8.15. The Morgan fingerprint density at radius 3 is 2.63 bits per heavy atom. The molecule has 49 heavy (non-hydrogen) atoms. The normalized spacial score (nSPS) is 15.7. The van der Waals surface area contributed by atoms with Crippen molar-refractivity contribution >= 4 is 59.8 Å². The lowest BCUT2D eigenvalue weighted by molar-refractivity contribution is 0.0392. The first-order valence-corrected chi connectivity index (χ1v) is 21.6.